The van der Waals surface area contributed by atoms with Gasteiger partial charge in [-0.15, -0.1) is 0 Å². The van der Waals surface area contributed by atoms with Gasteiger partial charge in [-0.25, -0.2) is 9.97 Å². The molecule has 0 radical (unpaired) electrons. The van der Waals surface area contributed by atoms with Gasteiger partial charge in [-0.1, -0.05) is 30.3 Å². The number of H-pyrrole nitrogens is 2. The molecule has 5 N–H and O–H groups in total. The summed E-state index contributed by atoms with van der Waals surface area (Å²) >= 11 is 0. The first kappa shape index (κ1) is 34.0. The second kappa shape index (κ2) is 14.9. The van der Waals surface area contributed by atoms with E-state index < -0.39 is 5.97 Å². The standard InChI is InChI=1S/C16H16N4O3.C9H9NO.C8H10N2O3/c1-9-11(16(23)18-10(2)17-9)7-15(22)20-8-14(21)19-12-5-3-4-6-13(12)20;11-8-5-7-3-1-2-4-9(7)10-6-8;1-4-6(3-7(11)12)8(13)10-5(2)9-4/h3-6H,7-8H2,1-2H3,(H,19,21)(H,17,18,23);1-4,10H,5-6H2;3H2,1-2H3,(H,11,12)(H,9,10,13). The molecule has 2 aliphatic rings. The summed E-state index contributed by atoms with van der Waals surface area (Å²) in [6, 6.07) is 15.0. The lowest BCUT2D eigenvalue weighted by Crippen LogP contribution is -2.43. The number of nitrogens with one attached hydrogen (secondary N) is 4. The van der Waals surface area contributed by atoms with Gasteiger partial charge in [0.25, 0.3) is 11.1 Å². The first-order valence-corrected chi connectivity index (χ1v) is 14.7. The second-order valence-electron chi connectivity index (χ2n) is 10.9. The number of nitrogens with zero attached hydrogens (tertiary/aromatic N) is 3. The summed E-state index contributed by atoms with van der Waals surface area (Å²) in [5, 5.41) is 14.3. The van der Waals surface area contributed by atoms with Crippen molar-refractivity contribution in [2.24, 2.45) is 0 Å². The van der Waals surface area contributed by atoms with E-state index >= 15 is 0 Å². The highest BCUT2D eigenvalue weighted by atomic mass is 16.4. The molecule has 0 unspecified atom stereocenters. The Morgan fingerprint density at radius 1 is 0.787 bits per heavy atom. The molecular weight excluding hydrogens is 606 g/mol. The number of aryl methyl sites for hydroxylation is 4. The minimum absolute atomic E-state index is 0.0634. The maximum absolute atomic E-state index is 12.6. The van der Waals surface area contributed by atoms with Gasteiger partial charge in [0.1, 0.15) is 18.2 Å². The van der Waals surface area contributed by atoms with Gasteiger partial charge in [0, 0.05) is 34.6 Å². The molecule has 14 nitrogen and oxygen atoms in total. The minimum Gasteiger partial charge on any atom is -0.481 e. The van der Waals surface area contributed by atoms with Crippen molar-refractivity contribution in [3.8, 4) is 0 Å². The number of para-hydroxylation sites is 3. The third-order valence-electron chi connectivity index (χ3n) is 7.29. The van der Waals surface area contributed by atoms with E-state index in [1.807, 2.05) is 24.3 Å². The number of aromatic nitrogens is 4. The van der Waals surface area contributed by atoms with Crippen LogP contribution in [0.25, 0.3) is 0 Å². The Labute approximate surface area is 269 Å². The van der Waals surface area contributed by atoms with Gasteiger partial charge in [0.15, 0.2) is 5.78 Å². The quantitative estimate of drug-likeness (QED) is 0.219. The van der Waals surface area contributed by atoms with Crippen LogP contribution in [0.5, 0.6) is 0 Å². The van der Waals surface area contributed by atoms with Crippen molar-refractivity contribution >= 4 is 40.6 Å². The lowest BCUT2D eigenvalue weighted by atomic mass is 10.0. The number of aliphatic carboxylic acids is 1. The molecule has 2 aromatic heterocycles. The fraction of sp³-hybridized carbons (Fsp3) is 0.273. The van der Waals surface area contributed by atoms with Crippen molar-refractivity contribution in [3.05, 3.63) is 109 Å². The van der Waals surface area contributed by atoms with Crippen LogP contribution in [-0.2, 0) is 38.4 Å². The summed E-state index contributed by atoms with van der Waals surface area (Å²) in [5.41, 5.74) is 4.29. The van der Waals surface area contributed by atoms with Gasteiger partial charge in [0.05, 0.1) is 30.8 Å². The Balaban J connectivity index is 0.000000176. The Morgan fingerprint density at radius 3 is 1.94 bits per heavy atom. The van der Waals surface area contributed by atoms with Crippen LogP contribution in [0.3, 0.4) is 0 Å². The van der Waals surface area contributed by atoms with E-state index in [0.717, 1.165) is 11.3 Å². The molecule has 14 heteroatoms. The molecule has 0 fully saturated rings. The summed E-state index contributed by atoms with van der Waals surface area (Å²) in [4.78, 5) is 83.6. The van der Waals surface area contributed by atoms with Gasteiger partial charge in [-0.05, 0) is 51.5 Å². The zero-order valence-electron chi connectivity index (χ0n) is 26.4. The van der Waals surface area contributed by atoms with E-state index in [1.54, 1.807) is 52.0 Å². The highest BCUT2D eigenvalue weighted by Crippen LogP contribution is 2.29. The van der Waals surface area contributed by atoms with E-state index in [1.165, 1.54) is 4.90 Å². The molecule has 6 rings (SSSR count). The number of anilines is 3. The van der Waals surface area contributed by atoms with E-state index in [2.05, 4.69) is 30.6 Å². The Kier molecular flexibility index (Phi) is 10.8. The molecule has 4 heterocycles. The smallest absolute Gasteiger partial charge is 0.308 e. The normalized spacial score (nSPS) is 13.0. The maximum Gasteiger partial charge on any atom is 0.308 e. The fourth-order valence-corrected chi connectivity index (χ4v) is 5.09. The highest BCUT2D eigenvalue weighted by molar-refractivity contribution is 6.10. The Hall–Kier alpha value is -5.92. The number of fused-ring (bicyclic) bond motifs is 2. The van der Waals surface area contributed by atoms with Crippen LogP contribution in [0.4, 0.5) is 17.1 Å². The van der Waals surface area contributed by atoms with Crippen LogP contribution in [0.2, 0.25) is 0 Å². The average molecular weight is 642 g/mol. The zero-order valence-corrected chi connectivity index (χ0v) is 26.4. The number of hydrogen-bond donors (Lipinski definition) is 5. The number of carbonyl (C=O) groups excluding carboxylic acids is 3. The average Bonchev–Trinajstić information content (AvgIpc) is 3.00. The largest absolute Gasteiger partial charge is 0.481 e. The number of benzene rings is 2. The summed E-state index contributed by atoms with van der Waals surface area (Å²) in [6.07, 6.45) is 0.202. The van der Waals surface area contributed by atoms with Crippen molar-refractivity contribution < 1.29 is 24.3 Å². The summed E-state index contributed by atoms with van der Waals surface area (Å²) in [6.45, 7) is 7.08. The van der Waals surface area contributed by atoms with Crippen molar-refractivity contribution in [3.63, 3.8) is 0 Å². The molecule has 4 aromatic rings. The predicted molar refractivity (Wildman–Crippen MR) is 175 cm³/mol. The third-order valence-corrected chi connectivity index (χ3v) is 7.29. The number of amides is 2. The molecule has 244 valence electrons. The predicted octanol–water partition coefficient (Wildman–Crippen LogP) is 2.15. The van der Waals surface area contributed by atoms with E-state index in [-0.39, 0.29) is 53.7 Å². The van der Waals surface area contributed by atoms with Crippen molar-refractivity contribution in [2.75, 3.05) is 28.6 Å². The molecule has 0 spiro atoms. The number of ketones is 1. The van der Waals surface area contributed by atoms with Gasteiger partial charge < -0.3 is 30.6 Å². The summed E-state index contributed by atoms with van der Waals surface area (Å²) in [7, 11) is 0. The monoisotopic (exact) mass is 641 g/mol. The topological polar surface area (TPSA) is 207 Å². The molecular formula is C33H35N7O7. The van der Waals surface area contributed by atoms with Crippen LogP contribution in [0.15, 0.2) is 58.1 Å². The highest BCUT2D eigenvalue weighted by Gasteiger charge is 2.27. The molecule has 0 aliphatic carbocycles. The van der Waals surface area contributed by atoms with E-state index in [4.69, 9.17) is 5.11 Å². The Morgan fingerprint density at radius 2 is 1.34 bits per heavy atom. The molecule has 47 heavy (non-hydrogen) atoms. The number of carbonyl (C=O) groups is 4. The van der Waals surface area contributed by atoms with Gasteiger partial charge >= 0.3 is 5.97 Å². The first-order chi connectivity index (χ1) is 22.3. The maximum atomic E-state index is 12.6. The van der Waals surface area contributed by atoms with Crippen LogP contribution in [-0.4, -0.2) is 61.7 Å². The van der Waals surface area contributed by atoms with Crippen LogP contribution in [0.1, 0.15) is 39.7 Å². The van der Waals surface area contributed by atoms with Crippen molar-refractivity contribution in [1.29, 1.82) is 0 Å². The first-order valence-electron chi connectivity index (χ1n) is 14.7. The number of aromatic amines is 2. The van der Waals surface area contributed by atoms with Crippen LogP contribution >= 0.6 is 0 Å². The summed E-state index contributed by atoms with van der Waals surface area (Å²) in [5.74, 6) is -0.331. The molecule has 2 amide bonds. The van der Waals surface area contributed by atoms with E-state index in [0.29, 0.717) is 52.9 Å². The van der Waals surface area contributed by atoms with Crippen LogP contribution < -0.4 is 26.7 Å². The third kappa shape index (κ3) is 8.84. The summed E-state index contributed by atoms with van der Waals surface area (Å²) < 4.78 is 0. The number of hydrogen-bond acceptors (Lipinski definition) is 9. The number of carboxylic acids is 1. The van der Waals surface area contributed by atoms with Crippen molar-refractivity contribution in [2.45, 2.75) is 47.0 Å². The minimum atomic E-state index is -1.03. The molecule has 0 saturated heterocycles. The zero-order chi connectivity index (χ0) is 34.2. The van der Waals surface area contributed by atoms with Crippen molar-refractivity contribution in [1.82, 2.24) is 19.9 Å². The van der Waals surface area contributed by atoms with E-state index in [9.17, 15) is 28.8 Å². The molecule has 2 aliphatic heterocycles. The number of rotatable bonds is 4. The van der Waals surface area contributed by atoms with Gasteiger partial charge in [-0.3, -0.25) is 28.8 Å². The molecule has 2 aromatic carbocycles. The SMILES string of the molecule is Cc1nc(C)c(CC(=O)N2CC(=O)Nc3ccccc32)c(=O)[nH]1.Cc1nc(C)c(CC(=O)O)c(=O)[nH]1.O=C1CNc2ccccc2C1. The lowest BCUT2D eigenvalue weighted by molar-refractivity contribution is -0.136. The molecule has 0 bridgehead atoms. The number of Topliss-reactive ketones (excluding diaryl/α,β-unsaturated/α-hetero) is 1. The molecule has 0 saturated carbocycles. The Bertz CT molecular complexity index is 1970. The van der Waals surface area contributed by atoms with Gasteiger partial charge in [0.2, 0.25) is 11.8 Å². The van der Waals surface area contributed by atoms with Gasteiger partial charge in [-0.2, -0.15) is 0 Å². The second-order valence-corrected chi connectivity index (χ2v) is 10.9. The molecule has 0 atom stereocenters. The van der Waals surface area contributed by atoms with Crippen LogP contribution in [0, 0.1) is 27.7 Å². The fourth-order valence-electron chi connectivity index (χ4n) is 5.09. The number of carboxylic acid groups (broad SMARTS) is 1. The lowest BCUT2D eigenvalue weighted by Gasteiger charge is -2.29.